The van der Waals surface area contributed by atoms with Gasteiger partial charge in [-0.3, -0.25) is 4.98 Å². The molecular formula is C28H25BN2O2. The third-order valence-corrected chi connectivity index (χ3v) is 7.17. The lowest BCUT2D eigenvalue weighted by molar-refractivity contribution is 0.00578. The predicted octanol–water partition coefficient (Wildman–Crippen LogP) is 5.90. The van der Waals surface area contributed by atoms with E-state index < -0.39 is 7.12 Å². The van der Waals surface area contributed by atoms with Gasteiger partial charge in [-0.15, -0.1) is 0 Å². The maximum atomic E-state index is 6.36. The average Bonchev–Trinajstić information content (AvgIpc) is 3.04. The van der Waals surface area contributed by atoms with Crippen molar-refractivity contribution in [1.82, 2.24) is 9.97 Å². The number of nitrogens with zero attached hydrogens (tertiary/aromatic N) is 2. The molecule has 0 unspecified atom stereocenters. The van der Waals surface area contributed by atoms with Gasteiger partial charge in [0.15, 0.2) is 0 Å². The Kier molecular flexibility index (Phi) is 4.38. The van der Waals surface area contributed by atoms with Gasteiger partial charge >= 0.3 is 7.12 Å². The molecular weight excluding hydrogens is 407 g/mol. The van der Waals surface area contributed by atoms with Crippen molar-refractivity contribution in [1.29, 1.82) is 0 Å². The number of benzene rings is 3. The van der Waals surface area contributed by atoms with E-state index in [1.807, 2.05) is 12.3 Å². The van der Waals surface area contributed by atoms with Gasteiger partial charge in [-0.1, -0.05) is 60.7 Å². The molecule has 0 saturated carbocycles. The molecule has 1 saturated heterocycles. The van der Waals surface area contributed by atoms with Crippen LogP contribution in [0, 0.1) is 0 Å². The molecule has 0 radical (unpaired) electrons. The minimum Gasteiger partial charge on any atom is -0.399 e. The van der Waals surface area contributed by atoms with Crippen molar-refractivity contribution >= 4 is 45.2 Å². The lowest BCUT2D eigenvalue weighted by Crippen LogP contribution is -2.41. The molecule has 0 amide bonds. The Hall–Kier alpha value is -3.28. The molecule has 6 rings (SSSR count). The van der Waals surface area contributed by atoms with Gasteiger partial charge in [0.05, 0.1) is 27.9 Å². The van der Waals surface area contributed by atoms with Crippen molar-refractivity contribution in [3.05, 3.63) is 79.0 Å². The van der Waals surface area contributed by atoms with Crippen molar-refractivity contribution in [2.75, 3.05) is 0 Å². The minimum atomic E-state index is -0.411. The van der Waals surface area contributed by atoms with Crippen LogP contribution in [0.2, 0.25) is 0 Å². The molecule has 4 nitrogen and oxygen atoms in total. The zero-order chi connectivity index (χ0) is 22.8. The van der Waals surface area contributed by atoms with E-state index in [0.717, 1.165) is 49.3 Å². The molecule has 3 heterocycles. The molecule has 1 aliphatic rings. The van der Waals surface area contributed by atoms with E-state index in [9.17, 15) is 0 Å². The number of pyridine rings is 2. The summed E-state index contributed by atoms with van der Waals surface area (Å²) >= 11 is 0. The molecule has 5 aromatic rings. The first-order valence-electron chi connectivity index (χ1n) is 11.4. The van der Waals surface area contributed by atoms with E-state index in [0.29, 0.717) is 0 Å². The number of aromatic nitrogens is 2. The summed E-state index contributed by atoms with van der Waals surface area (Å²) in [5.41, 5.74) is 4.13. The Morgan fingerprint density at radius 2 is 1.33 bits per heavy atom. The zero-order valence-electron chi connectivity index (χ0n) is 19.3. The highest BCUT2D eigenvalue weighted by Crippen LogP contribution is 2.38. The molecule has 1 fully saturated rings. The van der Waals surface area contributed by atoms with Gasteiger partial charge in [0.1, 0.15) is 0 Å². The topological polar surface area (TPSA) is 44.2 Å². The fraction of sp³-hybridized carbons (Fsp3) is 0.214. The third kappa shape index (κ3) is 3.15. The molecule has 0 bridgehead atoms. The van der Waals surface area contributed by atoms with Gasteiger partial charge in [0, 0.05) is 22.5 Å². The summed E-state index contributed by atoms with van der Waals surface area (Å²) in [5, 5.41) is 4.43. The monoisotopic (exact) mass is 432 g/mol. The van der Waals surface area contributed by atoms with Gasteiger partial charge in [0.2, 0.25) is 0 Å². The highest BCUT2D eigenvalue weighted by Gasteiger charge is 2.52. The molecule has 0 aliphatic carbocycles. The second kappa shape index (κ2) is 7.11. The highest BCUT2D eigenvalue weighted by molar-refractivity contribution is 6.65. The molecule has 1 aliphatic heterocycles. The second-order valence-electron chi connectivity index (χ2n) is 9.75. The van der Waals surface area contributed by atoms with E-state index in [2.05, 4.69) is 99.4 Å². The summed E-state index contributed by atoms with van der Waals surface area (Å²) in [6.45, 7) is 8.34. The molecule has 33 heavy (non-hydrogen) atoms. The van der Waals surface area contributed by atoms with Crippen molar-refractivity contribution in [2.45, 2.75) is 38.9 Å². The number of hydrogen-bond acceptors (Lipinski definition) is 4. The van der Waals surface area contributed by atoms with Gasteiger partial charge in [-0.2, -0.15) is 0 Å². The van der Waals surface area contributed by atoms with Crippen molar-refractivity contribution in [2.24, 2.45) is 0 Å². The Balaban J connectivity index is 1.53. The summed E-state index contributed by atoms with van der Waals surface area (Å²) in [5.74, 6) is 0. The van der Waals surface area contributed by atoms with E-state index >= 15 is 0 Å². The SMILES string of the molecule is CC1(C)OB(c2ccc(-c3ccc4ccc5cccnc5c4n3)c3ccccc23)OC1(C)C. The lowest BCUT2D eigenvalue weighted by Gasteiger charge is -2.32. The van der Waals surface area contributed by atoms with Crippen molar-refractivity contribution in [3.8, 4) is 11.3 Å². The van der Waals surface area contributed by atoms with Crippen LogP contribution in [0.1, 0.15) is 27.7 Å². The summed E-state index contributed by atoms with van der Waals surface area (Å²) < 4.78 is 12.7. The first-order chi connectivity index (χ1) is 15.8. The van der Waals surface area contributed by atoms with Gasteiger partial charge < -0.3 is 9.31 Å². The molecule has 0 spiro atoms. The molecule has 0 atom stereocenters. The Labute approximate surface area is 193 Å². The molecule has 5 heteroatoms. The lowest BCUT2D eigenvalue weighted by atomic mass is 9.75. The van der Waals surface area contributed by atoms with Crippen LogP contribution in [0.4, 0.5) is 0 Å². The molecule has 162 valence electrons. The fourth-order valence-corrected chi connectivity index (χ4v) is 4.60. The smallest absolute Gasteiger partial charge is 0.399 e. The number of rotatable bonds is 2. The van der Waals surface area contributed by atoms with E-state index in [1.54, 1.807) is 0 Å². The second-order valence-corrected chi connectivity index (χ2v) is 9.75. The number of fused-ring (bicyclic) bond motifs is 4. The van der Waals surface area contributed by atoms with E-state index in [-0.39, 0.29) is 11.2 Å². The van der Waals surface area contributed by atoms with Gasteiger partial charge in [0.25, 0.3) is 0 Å². The minimum absolute atomic E-state index is 0.384. The first-order valence-corrected chi connectivity index (χ1v) is 11.4. The number of hydrogen-bond donors (Lipinski definition) is 0. The summed E-state index contributed by atoms with van der Waals surface area (Å²) in [6, 6.07) is 25.1. The van der Waals surface area contributed by atoms with E-state index in [1.165, 1.54) is 0 Å². The summed E-state index contributed by atoms with van der Waals surface area (Å²) in [7, 11) is -0.411. The van der Waals surface area contributed by atoms with Crippen LogP contribution in [-0.4, -0.2) is 28.3 Å². The van der Waals surface area contributed by atoms with Crippen molar-refractivity contribution < 1.29 is 9.31 Å². The fourth-order valence-electron chi connectivity index (χ4n) is 4.60. The predicted molar refractivity (Wildman–Crippen MR) is 136 cm³/mol. The van der Waals surface area contributed by atoms with Crippen LogP contribution in [0.25, 0.3) is 43.8 Å². The van der Waals surface area contributed by atoms with Crippen LogP contribution in [-0.2, 0) is 9.31 Å². The summed E-state index contributed by atoms with van der Waals surface area (Å²) in [6.07, 6.45) is 1.82. The van der Waals surface area contributed by atoms with Crippen LogP contribution in [0.5, 0.6) is 0 Å². The van der Waals surface area contributed by atoms with Gasteiger partial charge in [-0.25, -0.2) is 4.98 Å². The van der Waals surface area contributed by atoms with Crippen LogP contribution in [0.15, 0.2) is 79.0 Å². The van der Waals surface area contributed by atoms with Crippen LogP contribution in [0.3, 0.4) is 0 Å². The average molecular weight is 432 g/mol. The molecule has 3 aromatic carbocycles. The molecule has 2 aromatic heterocycles. The maximum absolute atomic E-state index is 6.36. The standard InChI is InChI=1S/C28H25BN2O2/c1-27(2)28(3,4)33-29(32-27)23-15-14-22(20-9-5-6-10-21(20)23)24-16-13-19-12-11-18-8-7-17-30-25(18)26(19)31-24/h5-17H,1-4H3. The van der Waals surface area contributed by atoms with Crippen LogP contribution >= 0.6 is 0 Å². The Bertz CT molecular complexity index is 1530. The Morgan fingerprint density at radius 1 is 0.667 bits per heavy atom. The van der Waals surface area contributed by atoms with Crippen LogP contribution < -0.4 is 5.46 Å². The zero-order valence-corrected chi connectivity index (χ0v) is 19.3. The first kappa shape index (κ1) is 20.3. The largest absolute Gasteiger partial charge is 0.495 e. The third-order valence-electron chi connectivity index (χ3n) is 7.17. The maximum Gasteiger partial charge on any atom is 0.495 e. The van der Waals surface area contributed by atoms with E-state index in [4.69, 9.17) is 14.3 Å². The Morgan fingerprint density at radius 3 is 2.09 bits per heavy atom. The normalized spacial score (nSPS) is 17.3. The highest BCUT2D eigenvalue weighted by atomic mass is 16.7. The summed E-state index contributed by atoms with van der Waals surface area (Å²) in [4.78, 5) is 9.68. The van der Waals surface area contributed by atoms with Crippen molar-refractivity contribution in [3.63, 3.8) is 0 Å². The quantitative estimate of drug-likeness (QED) is 0.257. The van der Waals surface area contributed by atoms with Gasteiger partial charge in [-0.05, 0) is 56.1 Å². The molecule has 0 N–H and O–H groups in total.